The number of carbonyl (C=O) groups excluding carboxylic acids is 2. The first-order chi connectivity index (χ1) is 10.6. The van der Waals surface area contributed by atoms with Crippen molar-refractivity contribution in [3.05, 3.63) is 71.3 Å². The fourth-order valence-electron chi connectivity index (χ4n) is 2.75. The maximum absolute atomic E-state index is 11.8. The van der Waals surface area contributed by atoms with E-state index in [0.717, 1.165) is 16.7 Å². The summed E-state index contributed by atoms with van der Waals surface area (Å²) in [6, 6.07) is 18.0. The van der Waals surface area contributed by atoms with Gasteiger partial charge in [-0.05, 0) is 23.6 Å². The van der Waals surface area contributed by atoms with E-state index in [1.54, 1.807) is 6.92 Å². The predicted molar refractivity (Wildman–Crippen MR) is 89.0 cm³/mol. The van der Waals surface area contributed by atoms with E-state index in [4.69, 9.17) is 0 Å². The molecule has 22 heavy (non-hydrogen) atoms. The van der Waals surface area contributed by atoms with E-state index in [0.29, 0.717) is 19.3 Å². The predicted octanol–water partition coefficient (Wildman–Crippen LogP) is 4.32. The van der Waals surface area contributed by atoms with Gasteiger partial charge in [0, 0.05) is 25.2 Å². The van der Waals surface area contributed by atoms with Crippen molar-refractivity contribution in [2.45, 2.75) is 39.0 Å². The van der Waals surface area contributed by atoms with Crippen molar-refractivity contribution >= 4 is 11.6 Å². The van der Waals surface area contributed by atoms with Gasteiger partial charge in [0.05, 0.1) is 0 Å². The number of carbonyl (C=O) groups is 2. The third-order valence-electron chi connectivity index (χ3n) is 3.91. The molecule has 0 saturated carbocycles. The second-order valence-corrected chi connectivity index (χ2v) is 5.64. The van der Waals surface area contributed by atoms with E-state index >= 15 is 0 Å². The minimum absolute atomic E-state index is 0.0135. The molecule has 2 aromatic carbocycles. The molecule has 0 amide bonds. The Balaban J connectivity index is 2.43. The Morgan fingerprint density at radius 2 is 1.59 bits per heavy atom. The first kappa shape index (κ1) is 16.2. The van der Waals surface area contributed by atoms with Crippen LogP contribution in [0.2, 0.25) is 0 Å². The standard InChI is InChI=1S/C20H22O2/c1-3-18(22)14-17-11-7-8-12-19(17)20(13-15(2)21)16-9-5-4-6-10-16/h4-12,20H,3,13-14H2,1-2H3. The molecule has 0 saturated heterocycles. The molecule has 2 nitrogen and oxygen atoms in total. The number of hydrogen-bond donors (Lipinski definition) is 0. The van der Waals surface area contributed by atoms with Crippen LogP contribution in [-0.2, 0) is 16.0 Å². The lowest BCUT2D eigenvalue weighted by Crippen LogP contribution is -2.11. The fourth-order valence-corrected chi connectivity index (χ4v) is 2.75. The molecule has 2 rings (SSSR count). The summed E-state index contributed by atoms with van der Waals surface area (Å²) < 4.78 is 0. The van der Waals surface area contributed by atoms with Gasteiger partial charge in [0.1, 0.15) is 11.6 Å². The quantitative estimate of drug-likeness (QED) is 0.762. The highest BCUT2D eigenvalue weighted by Crippen LogP contribution is 2.31. The van der Waals surface area contributed by atoms with Gasteiger partial charge in [-0.3, -0.25) is 9.59 Å². The van der Waals surface area contributed by atoms with Crippen LogP contribution in [0.15, 0.2) is 54.6 Å². The normalized spacial score (nSPS) is 11.9. The molecule has 114 valence electrons. The molecule has 0 radical (unpaired) electrons. The van der Waals surface area contributed by atoms with Crippen molar-refractivity contribution in [1.29, 1.82) is 0 Å². The van der Waals surface area contributed by atoms with E-state index in [1.165, 1.54) is 0 Å². The van der Waals surface area contributed by atoms with Crippen LogP contribution >= 0.6 is 0 Å². The minimum Gasteiger partial charge on any atom is -0.300 e. The Labute approximate surface area is 132 Å². The number of benzene rings is 2. The van der Waals surface area contributed by atoms with Crippen molar-refractivity contribution in [3.63, 3.8) is 0 Å². The van der Waals surface area contributed by atoms with Crippen LogP contribution in [0.25, 0.3) is 0 Å². The van der Waals surface area contributed by atoms with E-state index < -0.39 is 0 Å². The zero-order valence-corrected chi connectivity index (χ0v) is 13.2. The molecule has 0 aromatic heterocycles. The summed E-state index contributed by atoms with van der Waals surface area (Å²) in [6.07, 6.45) is 1.44. The summed E-state index contributed by atoms with van der Waals surface area (Å²) in [6.45, 7) is 3.50. The van der Waals surface area contributed by atoms with Gasteiger partial charge in [0.15, 0.2) is 0 Å². The maximum atomic E-state index is 11.8. The molecule has 0 spiro atoms. The first-order valence-corrected chi connectivity index (χ1v) is 7.75. The van der Waals surface area contributed by atoms with Crippen LogP contribution in [0.1, 0.15) is 49.3 Å². The van der Waals surface area contributed by atoms with Crippen molar-refractivity contribution < 1.29 is 9.59 Å². The third-order valence-corrected chi connectivity index (χ3v) is 3.91. The summed E-state index contributed by atoms with van der Waals surface area (Å²) in [7, 11) is 0. The molecule has 2 heteroatoms. The molecular weight excluding hydrogens is 272 g/mol. The third kappa shape index (κ3) is 4.14. The van der Waals surface area contributed by atoms with Crippen LogP contribution in [0, 0.1) is 0 Å². The Bertz CT molecular complexity index is 644. The molecular formula is C20H22O2. The molecule has 0 heterocycles. The fraction of sp³-hybridized carbons (Fsp3) is 0.300. The Morgan fingerprint density at radius 1 is 0.955 bits per heavy atom. The number of hydrogen-bond acceptors (Lipinski definition) is 2. The van der Waals surface area contributed by atoms with Crippen molar-refractivity contribution in [2.24, 2.45) is 0 Å². The second-order valence-electron chi connectivity index (χ2n) is 5.64. The van der Waals surface area contributed by atoms with E-state index in [1.807, 2.05) is 61.5 Å². The zero-order chi connectivity index (χ0) is 15.9. The van der Waals surface area contributed by atoms with Crippen molar-refractivity contribution in [3.8, 4) is 0 Å². The molecule has 1 unspecified atom stereocenters. The van der Waals surface area contributed by atoms with Gasteiger partial charge in [-0.15, -0.1) is 0 Å². The average molecular weight is 294 g/mol. The largest absolute Gasteiger partial charge is 0.300 e. The van der Waals surface area contributed by atoms with Crippen molar-refractivity contribution in [1.82, 2.24) is 0 Å². The van der Waals surface area contributed by atoms with Gasteiger partial charge in [0.25, 0.3) is 0 Å². The lowest BCUT2D eigenvalue weighted by Gasteiger charge is -2.20. The smallest absolute Gasteiger partial charge is 0.137 e. The summed E-state index contributed by atoms with van der Waals surface area (Å²) >= 11 is 0. The Hall–Kier alpha value is -2.22. The molecule has 0 aliphatic rings. The molecule has 0 aliphatic heterocycles. The van der Waals surface area contributed by atoms with E-state index in [9.17, 15) is 9.59 Å². The Kier molecular flexibility index (Phi) is 5.65. The lowest BCUT2D eigenvalue weighted by atomic mass is 9.83. The number of Topliss-reactive ketones (excluding diaryl/α,β-unsaturated/α-hetero) is 2. The topological polar surface area (TPSA) is 34.1 Å². The van der Waals surface area contributed by atoms with Crippen LogP contribution in [0.3, 0.4) is 0 Å². The minimum atomic E-state index is 0.0135. The highest BCUT2D eigenvalue weighted by Gasteiger charge is 2.19. The van der Waals surface area contributed by atoms with Gasteiger partial charge in [-0.1, -0.05) is 61.5 Å². The van der Waals surface area contributed by atoms with E-state index in [2.05, 4.69) is 0 Å². The molecule has 0 N–H and O–H groups in total. The molecule has 0 aliphatic carbocycles. The van der Waals surface area contributed by atoms with Gasteiger partial charge >= 0.3 is 0 Å². The number of ketones is 2. The highest BCUT2D eigenvalue weighted by atomic mass is 16.1. The highest BCUT2D eigenvalue weighted by molar-refractivity contribution is 5.81. The molecule has 1 atom stereocenters. The molecule has 0 fully saturated rings. The Morgan fingerprint density at radius 3 is 2.23 bits per heavy atom. The van der Waals surface area contributed by atoms with Crippen LogP contribution < -0.4 is 0 Å². The van der Waals surface area contributed by atoms with Gasteiger partial charge in [0.2, 0.25) is 0 Å². The monoisotopic (exact) mass is 294 g/mol. The van der Waals surface area contributed by atoms with Crippen LogP contribution in [-0.4, -0.2) is 11.6 Å². The zero-order valence-electron chi connectivity index (χ0n) is 13.2. The van der Waals surface area contributed by atoms with Crippen LogP contribution in [0.5, 0.6) is 0 Å². The van der Waals surface area contributed by atoms with Gasteiger partial charge < -0.3 is 0 Å². The SMILES string of the molecule is CCC(=O)Cc1ccccc1C(CC(C)=O)c1ccccc1. The summed E-state index contributed by atoms with van der Waals surface area (Å²) in [5, 5.41) is 0. The number of rotatable bonds is 7. The van der Waals surface area contributed by atoms with E-state index in [-0.39, 0.29) is 17.5 Å². The maximum Gasteiger partial charge on any atom is 0.137 e. The van der Waals surface area contributed by atoms with Crippen molar-refractivity contribution in [2.75, 3.05) is 0 Å². The molecule has 2 aromatic rings. The second kappa shape index (κ2) is 7.69. The lowest BCUT2D eigenvalue weighted by molar-refractivity contribution is -0.118. The average Bonchev–Trinajstić information content (AvgIpc) is 2.54. The first-order valence-electron chi connectivity index (χ1n) is 7.75. The van der Waals surface area contributed by atoms with Gasteiger partial charge in [-0.2, -0.15) is 0 Å². The van der Waals surface area contributed by atoms with Crippen LogP contribution in [0.4, 0.5) is 0 Å². The summed E-state index contributed by atoms with van der Waals surface area (Å²) in [4.78, 5) is 23.6. The van der Waals surface area contributed by atoms with Gasteiger partial charge in [-0.25, -0.2) is 0 Å². The summed E-state index contributed by atoms with van der Waals surface area (Å²) in [5.41, 5.74) is 3.24. The molecule has 0 bridgehead atoms. The summed E-state index contributed by atoms with van der Waals surface area (Å²) in [5.74, 6) is 0.395.